The molecule has 2 saturated heterocycles. The summed E-state index contributed by atoms with van der Waals surface area (Å²) in [4.78, 5) is 22.1. The molecule has 5 atom stereocenters. The summed E-state index contributed by atoms with van der Waals surface area (Å²) in [5.41, 5.74) is 1.35. The van der Waals surface area contributed by atoms with Crippen molar-refractivity contribution in [1.82, 2.24) is 19.7 Å². The predicted octanol–water partition coefficient (Wildman–Crippen LogP) is 4.25. The number of carbonyl (C=O) groups is 1. The van der Waals surface area contributed by atoms with Crippen LogP contribution >= 0.6 is 11.6 Å². The van der Waals surface area contributed by atoms with Crippen LogP contribution in [0, 0.1) is 11.8 Å². The first-order chi connectivity index (χ1) is 18.3. The van der Waals surface area contributed by atoms with Crippen LogP contribution in [0.2, 0.25) is 5.02 Å². The molecule has 1 amide bonds. The molecule has 1 saturated carbocycles. The molecule has 8 nitrogen and oxygen atoms in total. The fourth-order valence-electron chi connectivity index (χ4n) is 6.31. The molecule has 6 rings (SSSR count). The van der Waals surface area contributed by atoms with Crippen molar-refractivity contribution in [1.29, 1.82) is 0 Å². The van der Waals surface area contributed by atoms with Crippen molar-refractivity contribution in [3.8, 4) is 0 Å². The van der Waals surface area contributed by atoms with Crippen molar-refractivity contribution in [3.63, 3.8) is 0 Å². The van der Waals surface area contributed by atoms with Gasteiger partial charge in [-0.25, -0.2) is 9.37 Å². The standard InChI is InChI=1S/C28H34ClFN6O2/c1-4-19-25(21-5-6-34(3)33-21)26(19)27(37)32-24-13-17-12-22(20(29)11-18(17)14-31-24)35-7-9-36(10-8-35)28(2)16-38-15-23(28)30/h5-6,11-14,19,23,25-26H,4,7-10,15-16H2,1-3H3,(H,31,32,37)/t19-,23+,25-,26+,28-/m1/s1. The monoisotopic (exact) mass is 540 g/mol. The summed E-state index contributed by atoms with van der Waals surface area (Å²) in [6, 6.07) is 7.89. The smallest absolute Gasteiger partial charge is 0.229 e. The van der Waals surface area contributed by atoms with Gasteiger partial charge in [0.2, 0.25) is 5.91 Å². The summed E-state index contributed by atoms with van der Waals surface area (Å²) >= 11 is 6.69. The molecule has 0 unspecified atom stereocenters. The second-order valence-corrected chi connectivity index (χ2v) is 11.5. The van der Waals surface area contributed by atoms with Crippen molar-refractivity contribution < 1.29 is 13.9 Å². The molecule has 2 aliphatic heterocycles. The number of alkyl halides is 1. The minimum atomic E-state index is -0.970. The number of fused-ring (bicyclic) bond motifs is 1. The Hall–Kier alpha value is -2.75. The van der Waals surface area contributed by atoms with Crippen molar-refractivity contribution in [3.05, 3.63) is 47.4 Å². The van der Waals surface area contributed by atoms with Gasteiger partial charge < -0.3 is 15.0 Å². The average molecular weight is 541 g/mol. The molecule has 3 aliphatic rings. The van der Waals surface area contributed by atoms with E-state index in [4.69, 9.17) is 16.3 Å². The van der Waals surface area contributed by atoms with E-state index < -0.39 is 11.7 Å². The molecule has 0 bridgehead atoms. The molecule has 0 spiro atoms. The van der Waals surface area contributed by atoms with Gasteiger partial charge in [0, 0.05) is 56.9 Å². The van der Waals surface area contributed by atoms with Gasteiger partial charge in [-0.15, -0.1) is 0 Å². The number of aryl methyl sites for hydroxylation is 1. The molecule has 3 aromatic rings. The van der Waals surface area contributed by atoms with Crippen LogP contribution in [-0.2, 0) is 16.6 Å². The molecular formula is C28H34ClFN6O2. The van der Waals surface area contributed by atoms with Crippen molar-refractivity contribution in [2.45, 2.75) is 37.9 Å². The summed E-state index contributed by atoms with van der Waals surface area (Å²) < 4.78 is 21.7. The highest BCUT2D eigenvalue weighted by atomic mass is 35.5. The molecule has 3 fully saturated rings. The van der Waals surface area contributed by atoms with E-state index in [1.807, 2.05) is 38.4 Å². The Balaban J connectivity index is 1.16. The number of amides is 1. The van der Waals surface area contributed by atoms with Gasteiger partial charge in [-0.3, -0.25) is 14.4 Å². The van der Waals surface area contributed by atoms with Gasteiger partial charge in [0.05, 0.1) is 41.1 Å². The quantitative estimate of drug-likeness (QED) is 0.504. The van der Waals surface area contributed by atoms with Crippen LogP contribution in [0.4, 0.5) is 15.9 Å². The van der Waals surface area contributed by atoms with E-state index >= 15 is 0 Å². The zero-order valence-corrected chi connectivity index (χ0v) is 22.8. The van der Waals surface area contributed by atoms with E-state index in [9.17, 15) is 9.18 Å². The summed E-state index contributed by atoms with van der Waals surface area (Å²) in [5, 5.41) is 10.1. The number of hydrogen-bond donors (Lipinski definition) is 1. The third kappa shape index (κ3) is 4.44. The first-order valence-electron chi connectivity index (χ1n) is 13.4. The van der Waals surface area contributed by atoms with Crippen LogP contribution in [0.3, 0.4) is 0 Å². The fourth-order valence-corrected chi connectivity index (χ4v) is 6.61. The molecular weight excluding hydrogens is 507 g/mol. The zero-order valence-electron chi connectivity index (χ0n) is 22.0. The Morgan fingerprint density at radius 1 is 1.24 bits per heavy atom. The van der Waals surface area contributed by atoms with E-state index in [0.29, 0.717) is 23.4 Å². The lowest BCUT2D eigenvalue weighted by Gasteiger charge is -2.44. The maximum absolute atomic E-state index is 14.5. The summed E-state index contributed by atoms with van der Waals surface area (Å²) in [6.07, 6.45) is 3.63. The minimum absolute atomic E-state index is 0.0137. The van der Waals surface area contributed by atoms with Crippen LogP contribution in [0.25, 0.3) is 10.8 Å². The highest BCUT2D eigenvalue weighted by molar-refractivity contribution is 6.34. The Morgan fingerprint density at radius 2 is 2.03 bits per heavy atom. The number of ether oxygens (including phenoxy) is 1. The van der Waals surface area contributed by atoms with Gasteiger partial charge in [0.1, 0.15) is 12.0 Å². The number of benzene rings is 1. The number of pyridine rings is 1. The molecule has 2 aromatic heterocycles. The number of halogens is 2. The third-order valence-electron chi connectivity index (χ3n) is 8.73. The normalized spacial score (nSPS) is 29.7. The largest absolute Gasteiger partial charge is 0.376 e. The average Bonchev–Trinajstić information content (AvgIpc) is 3.33. The Bertz CT molecular complexity index is 1360. The van der Waals surface area contributed by atoms with Crippen LogP contribution < -0.4 is 10.2 Å². The number of nitrogens with one attached hydrogen (secondary N) is 1. The molecule has 4 heterocycles. The van der Waals surface area contributed by atoms with E-state index in [2.05, 4.69) is 38.2 Å². The molecule has 10 heteroatoms. The lowest BCUT2D eigenvalue weighted by molar-refractivity contribution is -0.117. The predicted molar refractivity (Wildman–Crippen MR) is 147 cm³/mol. The second-order valence-electron chi connectivity index (χ2n) is 11.1. The summed E-state index contributed by atoms with van der Waals surface area (Å²) in [5.74, 6) is 0.864. The van der Waals surface area contributed by atoms with Crippen molar-refractivity contribution >= 4 is 39.8 Å². The number of anilines is 2. The lowest BCUT2D eigenvalue weighted by Crippen LogP contribution is -2.59. The second kappa shape index (κ2) is 9.77. The van der Waals surface area contributed by atoms with Crippen molar-refractivity contribution in [2.24, 2.45) is 18.9 Å². The molecule has 1 aliphatic carbocycles. The van der Waals surface area contributed by atoms with Crippen LogP contribution in [0.15, 0.2) is 36.7 Å². The third-order valence-corrected chi connectivity index (χ3v) is 9.04. The number of rotatable bonds is 6. The maximum atomic E-state index is 14.5. The van der Waals surface area contributed by atoms with Gasteiger partial charge in [-0.1, -0.05) is 24.9 Å². The number of aromatic nitrogens is 3. The van der Waals surface area contributed by atoms with Crippen LogP contribution in [0.5, 0.6) is 0 Å². The van der Waals surface area contributed by atoms with E-state index in [1.165, 1.54) is 0 Å². The molecule has 202 valence electrons. The number of piperazine rings is 1. The lowest BCUT2D eigenvalue weighted by atomic mass is 9.96. The number of hydrogen-bond acceptors (Lipinski definition) is 6. The Morgan fingerprint density at radius 3 is 2.68 bits per heavy atom. The van der Waals surface area contributed by atoms with E-state index in [-0.39, 0.29) is 24.3 Å². The van der Waals surface area contributed by atoms with E-state index in [1.54, 1.807) is 10.9 Å². The Kier molecular flexibility index (Phi) is 6.56. The van der Waals surface area contributed by atoms with Gasteiger partial charge in [-0.2, -0.15) is 5.10 Å². The van der Waals surface area contributed by atoms with Crippen molar-refractivity contribution in [2.75, 3.05) is 49.6 Å². The summed E-state index contributed by atoms with van der Waals surface area (Å²) in [7, 11) is 1.89. The highest BCUT2D eigenvalue weighted by Gasteiger charge is 2.55. The first-order valence-corrected chi connectivity index (χ1v) is 13.8. The van der Waals surface area contributed by atoms with Gasteiger partial charge >= 0.3 is 0 Å². The Labute approximate surface area is 227 Å². The molecule has 1 N–H and O–H groups in total. The van der Waals surface area contributed by atoms with Crippen LogP contribution in [-0.4, -0.2) is 76.7 Å². The molecule has 0 radical (unpaired) electrons. The van der Waals surface area contributed by atoms with Crippen LogP contribution in [0.1, 0.15) is 31.9 Å². The molecule has 38 heavy (non-hydrogen) atoms. The number of nitrogens with zero attached hydrogens (tertiary/aromatic N) is 5. The van der Waals surface area contributed by atoms with E-state index in [0.717, 1.165) is 54.8 Å². The minimum Gasteiger partial charge on any atom is -0.376 e. The SMILES string of the molecule is CC[C@H]1[C@H](C(=O)Nc2cc3cc(N4CCN([C@]5(C)COC[C@@H]5F)CC4)c(Cl)cc3cn2)[C@H]1c1ccn(C)n1. The zero-order chi connectivity index (χ0) is 26.6. The topological polar surface area (TPSA) is 75.5 Å². The first kappa shape index (κ1) is 25.5. The van der Waals surface area contributed by atoms with Gasteiger partial charge in [-0.05, 0) is 42.5 Å². The summed E-state index contributed by atoms with van der Waals surface area (Å²) in [6.45, 7) is 7.64. The molecule has 1 aromatic carbocycles. The fraction of sp³-hybridized carbons (Fsp3) is 0.536. The number of carbonyl (C=O) groups excluding carboxylic acids is 1. The van der Waals surface area contributed by atoms with Gasteiger partial charge in [0.25, 0.3) is 0 Å². The van der Waals surface area contributed by atoms with Gasteiger partial charge in [0.15, 0.2) is 0 Å². The maximum Gasteiger partial charge on any atom is 0.229 e. The highest BCUT2D eigenvalue weighted by Crippen LogP contribution is 2.55.